The van der Waals surface area contributed by atoms with Gasteiger partial charge in [0.05, 0.1) is 16.9 Å². The van der Waals surface area contributed by atoms with Crippen molar-refractivity contribution in [2.24, 2.45) is 0 Å². The molecule has 5 rings (SSSR count). The fourth-order valence-corrected chi connectivity index (χ4v) is 5.66. The Morgan fingerprint density at radius 3 is 2.38 bits per heavy atom. The average Bonchev–Trinajstić information content (AvgIpc) is 2.81. The van der Waals surface area contributed by atoms with Gasteiger partial charge in [0.2, 0.25) is 5.91 Å². The van der Waals surface area contributed by atoms with E-state index in [-0.39, 0.29) is 40.8 Å². The van der Waals surface area contributed by atoms with Crippen LogP contribution in [0.4, 0.5) is 10.1 Å². The van der Waals surface area contributed by atoms with E-state index in [1.165, 1.54) is 18.2 Å². The second-order valence-corrected chi connectivity index (χ2v) is 10.6. The number of benzene rings is 3. The van der Waals surface area contributed by atoms with Crippen LogP contribution < -0.4 is 0 Å². The van der Waals surface area contributed by atoms with E-state index in [0.717, 1.165) is 23.1 Å². The fourth-order valence-electron chi connectivity index (χ4n) is 5.21. The van der Waals surface area contributed by atoms with E-state index in [1.807, 2.05) is 29.2 Å². The van der Waals surface area contributed by atoms with Crippen molar-refractivity contribution in [3.05, 3.63) is 109 Å². The van der Waals surface area contributed by atoms with Gasteiger partial charge in [0.25, 0.3) is 11.6 Å². The van der Waals surface area contributed by atoms with Crippen molar-refractivity contribution in [1.82, 2.24) is 9.80 Å². The van der Waals surface area contributed by atoms with Crippen molar-refractivity contribution >= 4 is 33.4 Å². The number of carbonyl (C=O) groups excluding carboxylic acids is 2. The Morgan fingerprint density at radius 1 is 1.08 bits per heavy atom. The normalized spacial score (nSPS) is 15.8. The van der Waals surface area contributed by atoms with Gasteiger partial charge in [-0.15, -0.1) is 0 Å². The Kier molecular flexibility index (Phi) is 6.58. The van der Waals surface area contributed by atoms with Crippen molar-refractivity contribution < 1.29 is 18.9 Å². The number of hydrogen-bond donors (Lipinski definition) is 0. The summed E-state index contributed by atoms with van der Waals surface area (Å²) in [5.74, 6) is -0.548. The highest BCUT2D eigenvalue weighted by molar-refractivity contribution is 9.10. The number of nitro benzene ring substituents is 1. The van der Waals surface area contributed by atoms with Crippen LogP contribution in [0.5, 0.6) is 0 Å². The quantitative estimate of drug-likeness (QED) is 0.308. The first-order valence-electron chi connectivity index (χ1n) is 12.0. The molecule has 9 heteroatoms. The first kappa shape index (κ1) is 25.1. The second kappa shape index (κ2) is 9.70. The highest BCUT2D eigenvalue weighted by atomic mass is 79.9. The molecule has 190 valence electrons. The summed E-state index contributed by atoms with van der Waals surface area (Å²) >= 11 is 3.31. The molecule has 0 unspecified atom stereocenters. The molecule has 2 heterocycles. The minimum absolute atomic E-state index is 0.0126. The molecule has 0 saturated carbocycles. The van der Waals surface area contributed by atoms with Gasteiger partial charge in [0.1, 0.15) is 5.82 Å². The zero-order valence-corrected chi connectivity index (χ0v) is 21.8. The summed E-state index contributed by atoms with van der Waals surface area (Å²) in [6.07, 6.45) is 1.68. The van der Waals surface area contributed by atoms with Crippen molar-refractivity contribution in [3.8, 4) is 0 Å². The van der Waals surface area contributed by atoms with Crippen LogP contribution in [0.25, 0.3) is 0 Å². The number of halogens is 2. The molecular weight excluding hydrogens is 541 g/mol. The SMILES string of the molecule is Cc1c(Br)cc(C(=O)N2CC3(CCN3C(=O)Cc3ccccc3Cc3ccc(F)cc3)C2)cc1[N+](=O)[O-]. The molecule has 0 aliphatic carbocycles. The van der Waals surface area contributed by atoms with Gasteiger partial charge in [0, 0.05) is 41.3 Å². The number of carbonyl (C=O) groups is 2. The summed E-state index contributed by atoms with van der Waals surface area (Å²) in [7, 11) is 0. The molecule has 0 bridgehead atoms. The number of amides is 2. The summed E-state index contributed by atoms with van der Waals surface area (Å²) in [6, 6.07) is 17.1. The minimum Gasteiger partial charge on any atom is -0.334 e. The number of likely N-dealkylation sites (tertiary alicyclic amines) is 2. The molecule has 2 aliphatic heterocycles. The van der Waals surface area contributed by atoms with Crippen molar-refractivity contribution in [3.63, 3.8) is 0 Å². The van der Waals surface area contributed by atoms with Crippen LogP contribution >= 0.6 is 15.9 Å². The Balaban J connectivity index is 1.25. The lowest BCUT2D eigenvalue weighted by molar-refractivity contribution is -0.385. The summed E-state index contributed by atoms with van der Waals surface area (Å²) in [5.41, 5.74) is 3.18. The van der Waals surface area contributed by atoms with Crippen molar-refractivity contribution in [2.45, 2.75) is 31.7 Å². The molecular formula is C28H25BrFN3O4. The lowest BCUT2D eigenvalue weighted by atomic mass is 9.76. The Labute approximate surface area is 222 Å². The summed E-state index contributed by atoms with van der Waals surface area (Å²) in [5, 5.41) is 11.4. The van der Waals surface area contributed by atoms with E-state index in [9.17, 15) is 24.1 Å². The van der Waals surface area contributed by atoms with Gasteiger partial charge in [-0.3, -0.25) is 19.7 Å². The van der Waals surface area contributed by atoms with E-state index in [0.29, 0.717) is 36.1 Å². The number of nitro groups is 1. The molecule has 37 heavy (non-hydrogen) atoms. The van der Waals surface area contributed by atoms with Crippen LogP contribution in [0.15, 0.2) is 65.1 Å². The number of hydrogen-bond acceptors (Lipinski definition) is 4. The van der Waals surface area contributed by atoms with Crippen LogP contribution in [0, 0.1) is 22.9 Å². The third-order valence-electron chi connectivity index (χ3n) is 7.46. The predicted molar refractivity (Wildman–Crippen MR) is 140 cm³/mol. The lowest BCUT2D eigenvalue weighted by Gasteiger charge is -2.62. The number of rotatable bonds is 6. The van der Waals surface area contributed by atoms with Gasteiger partial charge >= 0.3 is 0 Å². The molecule has 2 saturated heterocycles. The molecule has 2 aliphatic rings. The van der Waals surface area contributed by atoms with Gasteiger partial charge < -0.3 is 9.80 Å². The molecule has 3 aromatic carbocycles. The van der Waals surface area contributed by atoms with Crippen LogP contribution in [-0.4, -0.2) is 51.7 Å². The van der Waals surface area contributed by atoms with Crippen molar-refractivity contribution in [1.29, 1.82) is 0 Å². The zero-order valence-electron chi connectivity index (χ0n) is 20.2. The Bertz CT molecular complexity index is 1400. The van der Waals surface area contributed by atoms with Gasteiger partial charge in [-0.05, 0) is 54.7 Å². The predicted octanol–water partition coefficient (Wildman–Crippen LogP) is 5.07. The average molecular weight is 566 g/mol. The molecule has 7 nitrogen and oxygen atoms in total. The molecule has 2 amide bonds. The van der Waals surface area contributed by atoms with Crippen LogP contribution in [0.3, 0.4) is 0 Å². The minimum atomic E-state index is -0.491. The summed E-state index contributed by atoms with van der Waals surface area (Å²) < 4.78 is 13.8. The van der Waals surface area contributed by atoms with Crippen LogP contribution in [0.2, 0.25) is 0 Å². The third-order valence-corrected chi connectivity index (χ3v) is 8.28. The van der Waals surface area contributed by atoms with Crippen LogP contribution in [0.1, 0.15) is 39.0 Å². The molecule has 0 radical (unpaired) electrons. The summed E-state index contributed by atoms with van der Waals surface area (Å²) in [6.45, 7) is 3.09. The Morgan fingerprint density at radius 2 is 1.76 bits per heavy atom. The first-order valence-corrected chi connectivity index (χ1v) is 12.8. The van der Waals surface area contributed by atoms with E-state index in [2.05, 4.69) is 15.9 Å². The zero-order chi connectivity index (χ0) is 26.3. The maximum atomic E-state index is 13.3. The van der Waals surface area contributed by atoms with Gasteiger partial charge in [-0.1, -0.05) is 52.3 Å². The molecule has 0 N–H and O–H groups in total. The van der Waals surface area contributed by atoms with E-state index in [4.69, 9.17) is 0 Å². The van der Waals surface area contributed by atoms with E-state index in [1.54, 1.807) is 30.0 Å². The smallest absolute Gasteiger partial charge is 0.274 e. The highest BCUT2D eigenvalue weighted by Crippen LogP contribution is 2.41. The van der Waals surface area contributed by atoms with Crippen LogP contribution in [-0.2, 0) is 17.6 Å². The summed E-state index contributed by atoms with van der Waals surface area (Å²) in [4.78, 5) is 40.7. The van der Waals surface area contributed by atoms with Gasteiger partial charge in [0.15, 0.2) is 0 Å². The maximum absolute atomic E-state index is 13.3. The molecule has 2 fully saturated rings. The topological polar surface area (TPSA) is 83.8 Å². The van der Waals surface area contributed by atoms with E-state index >= 15 is 0 Å². The first-order chi connectivity index (χ1) is 17.7. The van der Waals surface area contributed by atoms with Gasteiger partial charge in [-0.25, -0.2) is 4.39 Å². The van der Waals surface area contributed by atoms with E-state index < -0.39 is 4.92 Å². The Hall–Kier alpha value is -3.59. The standard InChI is InChI=1S/C28H25BrFN3O4/c1-18-24(29)13-22(14-25(18)33(36)37)27(35)31-16-28(17-31)10-11-32(28)26(34)15-21-5-3-2-4-20(21)12-19-6-8-23(30)9-7-19/h2-9,13-14H,10-12,15-17H2,1H3. The molecule has 3 aromatic rings. The third kappa shape index (κ3) is 4.75. The largest absolute Gasteiger partial charge is 0.334 e. The maximum Gasteiger partial charge on any atom is 0.274 e. The lowest BCUT2D eigenvalue weighted by Crippen LogP contribution is -2.78. The molecule has 1 spiro atoms. The molecule has 0 aromatic heterocycles. The van der Waals surface area contributed by atoms with Crippen molar-refractivity contribution in [2.75, 3.05) is 19.6 Å². The molecule has 0 atom stereocenters. The fraction of sp³-hybridized carbons (Fsp3) is 0.286. The van der Waals surface area contributed by atoms with Gasteiger partial charge in [-0.2, -0.15) is 0 Å². The number of nitrogens with zero attached hydrogens (tertiary/aromatic N) is 3. The second-order valence-electron chi connectivity index (χ2n) is 9.79. The highest BCUT2D eigenvalue weighted by Gasteiger charge is 2.56. The monoisotopic (exact) mass is 565 g/mol.